The quantitative estimate of drug-likeness (QED) is 0.785. The first-order valence-electron chi connectivity index (χ1n) is 4.96. The van der Waals surface area contributed by atoms with E-state index in [1.165, 1.54) is 6.07 Å². The Morgan fingerprint density at radius 1 is 1.60 bits per heavy atom. The Morgan fingerprint density at radius 2 is 2.33 bits per heavy atom. The van der Waals surface area contributed by atoms with Gasteiger partial charge in [0.05, 0.1) is 5.69 Å². The van der Waals surface area contributed by atoms with Gasteiger partial charge in [0.1, 0.15) is 5.82 Å². The monoisotopic (exact) mass is 271 g/mol. The summed E-state index contributed by atoms with van der Waals surface area (Å²) in [4.78, 5) is 0. The lowest BCUT2D eigenvalue weighted by Crippen LogP contribution is -2.15. The molecule has 1 unspecified atom stereocenters. The molecule has 0 saturated carbocycles. The molecule has 0 bridgehead atoms. The molecule has 1 aromatic rings. The van der Waals surface area contributed by atoms with E-state index in [9.17, 15) is 4.39 Å². The molecule has 0 aliphatic heterocycles. The summed E-state index contributed by atoms with van der Waals surface area (Å²) in [5.74, 6) is -0.227. The van der Waals surface area contributed by atoms with Gasteiger partial charge in [-0.1, -0.05) is 22.0 Å². The van der Waals surface area contributed by atoms with E-state index >= 15 is 0 Å². The molecule has 0 saturated heterocycles. The highest BCUT2D eigenvalue weighted by Crippen LogP contribution is 2.20. The molecule has 1 N–H and O–H groups in total. The number of nitrogens with one attached hydrogen (secondary N) is 1. The Bertz CT molecular complexity index is 338. The number of anilines is 1. The van der Waals surface area contributed by atoms with E-state index in [0.717, 1.165) is 17.3 Å². The van der Waals surface area contributed by atoms with Crippen molar-refractivity contribution in [1.29, 1.82) is 0 Å². The lowest BCUT2D eigenvalue weighted by atomic mass is 10.1. The number of halogens is 2. The van der Waals surface area contributed by atoms with E-state index in [2.05, 4.69) is 27.8 Å². The highest BCUT2D eigenvalue weighted by atomic mass is 79.9. The van der Waals surface area contributed by atoms with Gasteiger partial charge in [-0.05, 0) is 38.0 Å². The molecule has 0 aromatic heterocycles. The van der Waals surface area contributed by atoms with E-state index in [1.807, 2.05) is 19.1 Å². The predicted molar refractivity (Wildman–Crippen MR) is 66.6 cm³/mol. The van der Waals surface area contributed by atoms with Gasteiger partial charge in [-0.2, -0.15) is 0 Å². The zero-order valence-electron chi connectivity index (χ0n) is 8.76. The highest BCUT2D eigenvalue weighted by Gasteiger charge is 2.05. The van der Waals surface area contributed by atoms with Crippen molar-refractivity contribution < 1.29 is 4.39 Å². The Balaban J connectivity index is 2.59. The fourth-order valence-corrected chi connectivity index (χ4v) is 1.65. The number of hydrogen-bond donors (Lipinski definition) is 1. The average Bonchev–Trinajstić information content (AvgIpc) is 2.19. The largest absolute Gasteiger partial charge is 0.380 e. The third kappa shape index (κ3) is 4.04. The molecule has 0 spiro atoms. The first-order valence-corrected chi connectivity index (χ1v) is 5.75. The molecule has 15 heavy (non-hydrogen) atoms. The van der Waals surface area contributed by atoms with Gasteiger partial charge < -0.3 is 5.32 Å². The fourth-order valence-electron chi connectivity index (χ4n) is 1.31. The van der Waals surface area contributed by atoms with Gasteiger partial charge in [0.15, 0.2) is 0 Å². The van der Waals surface area contributed by atoms with Crippen LogP contribution >= 0.6 is 15.9 Å². The SMILES string of the molecule is C=CCCC(C)Nc1ccc(Br)cc1F. The standard InChI is InChI=1S/C12H15BrFN/c1-3-4-5-9(2)15-12-7-6-10(13)8-11(12)14/h3,6-9,15H,1,4-5H2,2H3. The van der Waals surface area contributed by atoms with E-state index in [4.69, 9.17) is 0 Å². The third-order valence-corrected chi connectivity index (χ3v) is 2.63. The molecule has 1 aromatic carbocycles. The van der Waals surface area contributed by atoms with Crippen molar-refractivity contribution in [2.24, 2.45) is 0 Å². The molecule has 0 aliphatic carbocycles. The van der Waals surface area contributed by atoms with Gasteiger partial charge in [-0.15, -0.1) is 6.58 Å². The van der Waals surface area contributed by atoms with Crippen molar-refractivity contribution in [3.63, 3.8) is 0 Å². The van der Waals surface area contributed by atoms with Crippen molar-refractivity contribution in [2.75, 3.05) is 5.32 Å². The van der Waals surface area contributed by atoms with Gasteiger partial charge >= 0.3 is 0 Å². The summed E-state index contributed by atoms with van der Waals surface area (Å²) in [7, 11) is 0. The molecule has 3 heteroatoms. The molecule has 0 fully saturated rings. The summed E-state index contributed by atoms with van der Waals surface area (Å²) in [5.41, 5.74) is 0.551. The summed E-state index contributed by atoms with van der Waals surface area (Å²) in [6.07, 6.45) is 3.77. The molecule has 1 rings (SSSR count). The zero-order valence-corrected chi connectivity index (χ0v) is 10.3. The third-order valence-electron chi connectivity index (χ3n) is 2.14. The molecular formula is C12H15BrFN. The van der Waals surface area contributed by atoms with Crippen LogP contribution in [-0.4, -0.2) is 6.04 Å². The summed E-state index contributed by atoms with van der Waals surface area (Å²) >= 11 is 3.22. The Kier molecular flexibility index (Phi) is 4.82. The van der Waals surface area contributed by atoms with Crippen LogP contribution in [0.3, 0.4) is 0 Å². The molecule has 0 radical (unpaired) electrons. The maximum absolute atomic E-state index is 13.4. The molecule has 0 amide bonds. The average molecular weight is 272 g/mol. The lowest BCUT2D eigenvalue weighted by molar-refractivity contribution is 0.622. The van der Waals surface area contributed by atoms with E-state index in [-0.39, 0.29) is 11.9 Å². The van der Waals surface area contributed by atoms with E-state index in [0.29, 0.717) is 5.69 Å². The predicted octanol–water partition coefficient (Wildman–Crippen LogP) is 4.35. The van der Waals surface area contributed by atoms with Crippen molar-refractivity contribution in [3.8, 4) is 0 Å². The van der Waals surface area contributed by atoms with Crippen molar-refractivity contribution in [2.45, 2.75) is 25.8 Å². The minimum atomic E-state index is -0.227. The number of hydrogen-bond acceptors (Lipinski definition) is 1. The molecule has 0 heterocycles. The van der Waals surface area contributed by atoms with Gasteiger partial charge in [0, 0.05) is 10.5 Å². The minimum absolute atomic E-state index is 0.227. The topological polar surface area (TPSA) is 12.0 Å². The molecule has 0 aliphatic rings. The van der Waals surface area contributed by atoms with Crippen LogP contribution in [0.2, 0.25) is 0 Å². The summed E-state index contributed by atoms with van der Waals surface area (Å²) in [6, 6.07) is 5.27. The van der Waals surface area contributed by atoms with Crippen LogP contribution in [0.1, 0.15) is 19.8 Å². The second-order valence-corrected chi connectivity index (χ2v) is 4.45. The van der Waals surface area contributed by atoms with Crippen LogP contribution in [0.25, 0.3) is 0 Å². The lowest BCUT2D eigenvalue weighted by Gasteiger charge is -2.14. The first kappa shape index (κ1) is 12.2. The molecular weight excluding hydrogens is 257 g/mol. The second-order valence-electron chi connectivity index (χ2n) is 3.54. The summed E-state index contributed by atoms with van der Waals surface area (Å²) in [6.45, 7) is 5.69. The Labute approximate surface area is 98.5 Å². The van der Waals surface area contributed by atoms with Crippen LogP contribution in [-0.2, 0) is 0 Å². The number of rotatable bonds is 5. The van der Waals surface area contributed by atoms with Crippen LogP contribution in [0.15, 0.2) is 35.3 Å². The molecule has 1 atom stereocenters. The van der Waals surface area contributed by atoms with Crippen LogP contribution in [0.5, 0.6) is 0 Å². The number of allylic oxidation sites excluding steroid dienone is 1. The zero-order chi connectivity index (χ0) is 11.3. The summed E-state index contributed by atoms with van der Waals surface area (Å²) < 4.78 is 14.2. The van der Waals surface area contributed by atoms with Crippen molar-refractivity contribution in [1.82, 2.24) is 0 Å². The number of benzene rings is 1. The second kappa shape index (κ2) is 5.91. The van der Waals surface area contributed by atoms with E-state index in [1.54, 1.807) is 6.07 Å². The Hall–Kier alpha value is -0.830. The smallest absolute Gasteiger partial charge is 0.147 e. The van der Waals surface area contributed by atoms with Gasteiger partial charge in [-0.25, -0.2) is 4.39 Å². The normalized spacial score (nSPS) is 12.2. The van der Waals surface area contributed by atoms with Crippen molar-refractivity contribution >= 4 is 21.6 Å². The highest BCUT2D eigenvalue weighted by molar-refractivity contribution is 9.10. The fraction of sp³-hybridized carbons (Fsp3) is 0.333. The molecule has 82 valence electrons. The maximum Gasteiger partial charge on any atom is 0.147 e. The van der Waals surface area contributed by atoms with Gasteiger partial charge in [-0.3, -0.25) is 0 Å². The van der Waals surface area contributed by atoms with Gasteiger partial charge in [0.25, 0.3) is 0 Å². The minimum Gasteiger partial charge on any atom is -0.380 e. The first-order chi connectivity index (χ1) is 7.13. The maximum atomic E-state index is 13.4. The van der Waals surface area contributed by atoms with E-state index < -0.39 is 0 Å². The van der Waals surface area contributed by atoms with Crippen LogP contribution < -0.4 is 5.32 Å². The van der Waals surface area contributed by atoms with Crippen LogP contribution in [0, 0.1) is 5.82 Å². The summed E-state index contributed by atoms with van der Waals surface area (Å²) in [5, 5.41) is 3.13. The van der Waals surface area contributed by atoms with Crippen molar-refractivity contribution in [3.05, 3.63) is 41.1 Å². The van der Waals surface area contributed by atoms with Gasteiger partial charge in [0.2, 0.25) is 0 Å². The van der Waals surface area contributed by atoms with Crippen LogP contribution in [0.4, 0.5) is 10.1 Å². The molecule has 1 nitrogen and oxygen atoms in total. The Morgan fingerprint density at radius 3 is 2.93 bits per heavy atom.